The van der Waals surface area contributed by atoms with Crippen molar-refractivity contribution < 1.29 is 14.7 Å². The van der Waals surface area contributed by atoms with Crippen LogP contribution >= 0.6 is 0 Å². The summed E-state index contributed by atoms with van der Waals surface area (Å²) in [6.45, 7) is 3.57. The summed E-state index contributed by atoms with van der Waals surface area (Å²) in [4.78, 5) is 26.4. The van der Waals surface area contributed by atoms with Crippen molar-refractivity contribution in [2.24, 2.45) is 0 Å². The highest BCUT2D eigenvalue weighted by Crippen LogP contribution is 2.15. The van der Waals surface area contributed by atoms with Gasteiger partial charge in [0.2, 0.25) is 0 Å². The summed E-state index contributed by atoms with van der Waals surface area (Å²) in [6.07, 6.45) is 3.50. The van der Waals surface area contributed by atoms with E-state index in [-0.39, 0.29) is 12.3 Å². The fraction of sp³-hybridized carbons (Fsp3) is 0.417. The number of pyridine rings is 1. The Morgan fingerprint density at radius 2 is 2.00 bits per heavy atom. The molecule has 0 aliphatic rings. The molecule has 0 saturated heterocycles. The lowest BCUT2D eigenvalue weighted by atomic mass is 9.94. The molecule has 0 aliphatic heterocycles. The molecule has 0 bridgehead atoms. The van der Waals surface area contributed by atoms with Gasteiger partial charge in [-0.25, -0.2) is 0 Å². The predicted octanol–water partition coefficient (Wildman–Crippen LogP) is 1.45. The minimum Gasteiger partial charge on any atom is -0.481 e. The molecule has 2 N–H and O–H groups in total. The first-order chi connectivity index (χ1) is 7.97. The molecule has 0 radical (unpaired) electrons. The lowest BCUT2D eigenvalue weighted by molar-refractivity contribution is -0.138. The van der Waals surface area contributed by atoms with E-state index in [1.165, 1.54) is 12.4 Å². The molecule has 5 nitrogen and oxygen atoms in total. The van der Waals surface area contributed by atoms with Crippen LogP contribution in [0.3, 0.4) is 0 Å². The molecule has 5 heteroatoms. The smallest absolute Gasteiger partial charge is 0.305 e. The third-order valence-corrected chi connectivity index (χ3v) is 2.68. The van der Waals surface area contributed by atoms with E-state index >= 15 is 0 Å². The lowest BCUT2D eigenvalue weighted by Gasteiger charge is -2.27. The number of aliphatic carboxylic acids is 1. The Hall–Kier alpha value is -1.91. The van der Waals surface area contributed by atoms with Gasteiger partial charge in [-0.2, -0.15) is 0 Å². The highest BCUT2D eigenvalue weighted by atomic mass is 16.4. The predicted molar refractivity (Wildman–Crippen MR) is 62.7 cm³/mol. The number of nitrogens with zero attached hydrogens (tertiary/aromatic N) is 1. The Bertz CT molecular complexity index is 405. The van der Waals surface area contributed by atoms with Crippen LogP contribution in [0.25, 0.3) is 0 Å². The Morgan fingerprint density at radius 3 is 2.47 bits per heavy atom. The lowest BCUT2D eigenvalue weighted by Crippen LogP contribution is -2.47. The Labute approximate surface area is 99.9 Å². The van der Waals surface area contributed by atoms with Gasteiger partial charge in [0, 0.05) is 23.5 Å². The van der Waals surface area contributed by atoms with Crippen LogP contribution < -0.4 is 5.32 Å². The minimum atomic E-state index is -0.927. The van der Waals surface area contributed by atoms with E-state index < -0.39 is 11.5 Å². The number of carbonyl (C=O) groups is 2. The molecule has 1 aromatic rings. The van der Waals surface area contributed by atoms with Crippen LogP contribution in [0.5, 0.6) is 0 Å². The molecular formula is C12H16N2O3. The molecule has 1 aromatic heterocycles. The van der Waals surface area contributed by atoms with Gasteiger partial charge in [-0.05, 0) is 25.5 Å². The second-order valence-corrected chi connectivity index (χ2v) is 4.17. The summed E-state index contributed by atoms with van der Waals surface area (Å²) >= 11 is 0. The quantitative estimate of drug-likeness (QED) is 0.811. The van der Waals surface area contributed by atoms with E-state index in [9.17, 15) is 9.59 Å². The van der Waals surface area contributed by atoms with Crippen LogP contribution in [-0.2, 0) is 4.79 Å². The zero-order valence-corrected chi connectivity index (χ0v) is 9.93. The molecule has 0 unspecified atom stereocenters. The first-order valence-electron chi connectivity index (χ1n) is 5.41. The summed E-state index contributed by atoms with van der Waals surface area (Å²) in [7, 11) is 0. The molecule has 17 heavy (non-hydrogen) atoms. The molecule has 1 heterocycles. The maximum absolute atomic E-state index is 11.9. The van der Waals surface area contributed by atoms with Crippen molar-refractivity contribution in [2.75, 3.05) is 0 Å². The van der Waals surface area contributed by atoms with Gasteiger partial charge < -0.3 is 10.4 Å². The second-order valence-electron chi connectivity index (χ2n) is 4.17. The highest BCUT2D eigenvalue weighted by molar-refractivity contribution is 5.94. The average Bonchev–Trinajstić information content (AvgIpc) is 2.29. The molecule has 0 fully saturated rings. The number of hydrogen-bond acceptors (Lipinski definition) is 3. The first kappa shape index (κ1) is 13.2. The van der Waals surface area contributed by atoms with E-state index in [1.807, 2.05) is 6.92 Å². The van der Waals surface area contributed by atoms with Crippen LogP contribution in [0.2, 0.25) is 0 Å². The van der Waals surface area contributed by atoms with E-state index in [1.54, 1.807) is 19.1 Å². The summed E-state index contributed by atoms with van der Waals surface area (Å²) in [6, 6.07) is 3.18. The number of nitrogens with one attached hydrogen (secondary N) is 1. The number of carboxylic acids is 1. The van der Waals surface area contributed by atoms with Gasteiger partial charge in [-0.15, -0.1) is 0 Å². The summed E-state index contributed by atoms with van der Waals surface area (Å²) in [5.74, 6) is -1.21. The van der Waals surface area contributed by atoms with Gasteiger partial charge in [0.15, 0.2) is 0 Å². The van der Waals surface area contributed by atoms with Gasteiger partial charge >= 0.3 is 5.97 Å². The molecule has 1 amide bonds. The van der Waals surface area contributed by atoms with Gasteiger partial charge in [-0.1, -0.05) is 6.92 Å². The molecule has 0 aromatic carbocycles. The molecule has 0 saturated carbocycles. The van der Waals surface area contributed by atoms with Crippen molar-refractivity contribution in [3.8, 4) is 0 Å². The van der Waals surface area contributed by atoms with Crippen LogP contribution in [-0.4, -0.2) is 27.5 Å². The Balaban J connectivity index is 2.75. The fourth-order valence-electron chi connectivity index (χ4n) is 1.44. The minimum absolute atomic E-state index is 0.0969. The van der Waals surface area contributed by atoms with Crippen LogP contribution in [0.15, 0.2) is 24.5 Å². The maximum Gasteiger partial charge on any atom is 0.305 e. The zero-order valence-electron chi connectivity index (χ0n) is 9.93. The average molecular weight is 236 g/mol. The van der Waals surface area contributed by atoms with Crippen molar-refractivity contribution in [3.63, 3.8) is 0 Å². The van der Waals surface area contributed by atoms with Gasteiger partial charge in [0.05, 0.1) is 6.42 Å². The molecular weight excluding hydrogens is 220 g/mol. The molecule has 92 valence electrons. The first-order valence-corrected chi connectivity index (χ1v) is 5.41. The van der Waals surface area contributed by atoms with Gasteiger partial charge in [0.25, 0.3) is 5.91 Å². The zero-order chi connectivity index (χ0) is 12.9. The normalized spacial score (nSPS) is 13.8. The van der Waals surface area contributed by atoms with Crippen molar-refractivity contribution in [1.82, 2.24) is 10.3 Å². The van der Waals surface area contributed by atoms with E-state index in [4.69, 9.17) is 5.11 Å². The largest absolute Gasteiger partial charge is 0.481 e. The van der Waals surface area contributed by atoms with Crippen molar-refractivity contribution in [1.29, 1.82) is 0 Å². The molecule has 0 aliphatic carbocycles. The monoisotopic (exact) mass is 236 g/mol. The van der Waals surface area contributed by atoms with E-state index in [2.05, 4.69) is 10.3 Å². The molecule has 0 spiro atoms. The van der Waals surface area contributed by atoms with Crippen molar-refractivity contribution >= 4 is 11.9 Å². The third kappa shape index (κ3) is 3.86. The molecule has 1 atom stereocenters. The van der Waals surface area contributed by atoms with Crippen molar-refractivity contribution in [3.05, 3.63) is 30.1 Å². The fourth-order valence-corrected chi connectivity index (χ4v) is 1.44. The summed E-state index contributed by atoms with van der Waals surface area (Å²) < 4.78 is 0. The number of aromatic nitrogens is 1. The number of carboxylic acid groups (broad SMARTS) is 1. The standard InChI is InChI=1S/C12H16N2O3/c1-3-12(2,8-10(15)16)14-11(17)9-4-6-13-7-5-9/h4-7H,3,8H2,1-2H3,(H,14,17)(H,15,16)/t12-/m1/s1. The van der Waals surface area contributed by atoms with Gasteiger partial charge in [0.1, 0.15) is 0 Å². The van der Waals surface area contributed by atoms with Crippen LogP contribution in [0.4, 0.5) is 0 Å². The van der Waals surface area contributed by atoms with Crippen molar-refractivity contribution in [2.45, 2.75) is 32.2 Å². The Morgan fingerprint density at radius 1 is 1.41 bits per heavy atom. The van der Waals surface area contributed by atoms with Gasteiger partial charge in [-0.3, -0.25) is 14.6 Å². The number of carbonyl (C=O) groups excluding carboxylic acids is 1. The SMILES string of the molecule is CC[C@](C)(CC(=O)O)NC(=O)c1ccncc1. The number of hydrogen-bond donors (Lipinski definition) is 2. The number of amides is 1. The van der Waals surface area contributed by atoms with E-state index in [0.29, 0.717) is 12.0 Å². The Kier molecular flexibility index (Phi) is 4.20. The maximum atomic E-state index is 11.9. The number of rotatable bonds is 5. The third-order valence-electron chi connectivity index (χ3n) is 2.68. The molecule has 1 rings (SSSR count). The summed E-state index contributed by atoms with van der Waals surface area (Å²) in [5.41, 5.74) is -0.253. The summed E-state index contributed by atoms with van der Waals surface area (Å²) in [5, 5.41) is 11.5. The van der Waals surface area contributed by atoms with Crippen LogP contribution in [0, 0.1) is 0 Å². The van der Waals surface area contributed by atoms with Crippen LogP contribution in [0.1, 0.15) is 37.0 Å². The highest BCUT2D eigenvalue weighted by Gasteiger charge is 2.27. The van der Waals surface area contributed by atoms with E-state index in [0.717, 1.165) is 0 Å². The second kappa shape index (κ2) is 5.43. The topological polar surface area (TPSA) is 79.3 Å².